The summed E-state index contributed by atoms with van der Waals surface area (Å²) >= 11 is 1.45. The first-order chi connectivity index (χ1) is 11.3. The Hall–Kier alpha value is -2.46. The lowest BCUT2D eigenvalue weighted by Crippen LogP contribution is -2.29. The number of hydrogen-bond donors (Lipinski definition) is 0. The molecule has 0 fully saturated rings. The Balaban J connectivity index is 1.78. The Bertz CT molecular complexity index is 768. The Morgan fingerprint density at radius 2 is 1.70 bits per heavy atom. The van der Waals surface area contributed by atoms with Crippen molar-refractivity contribution in [3.05, 3.63) is 77.3 Å². The molecule has 4 heteroatoms. The molecule has 1 aromatic heterocycles. The minimum absolute atomic E-state index is 0.0380. The van der Waals surface area contributed by atoms with Gasteiger partial charge in [-0.15, -0.1) is 11.3 Å². The van der Waals surface area contributed by atoms with Crippen molar-refractivity contribution in [3.8, 4) is 10.6 Å². The van der Waals surface area contributed by atoms with Crippen LogP contribution in [0.5, 0.6) is 0 Å². The normalized spacial score (nSPS) is 10.5. The molecule has 3 rings (SSSR count). The lowest BCUT2D eigenvalue weighted by Gasteiger charge is -2.20. The molecule has 0 spiro atoms. The fourth-order valence-corrected chi connectivity index (χ4v) is 3.26. The van der Waals surface area contributed by atoms with Crippen molar-refractivity contribution in [2.24, 2.45) is 0 Å². The second-order valence-electron chi connectivity index (χ2n) is 5.20. The first-order valence-corrected chi connectivity index (χ1v) is 8.44. The zero-order valence-electron chi connectivity index (χ0n) is 13.0. The van der Waals surface area contributed by atoms with E-state index in [0.717, 1.165) is 16.1 Å². The largest absolute Gasteiger partial charge is 0.334 e. The van der Waals surface area contributed by atoms with Crippen LogP contribution >= 0.6 is 11.3 Å². The van der Waals surface area contributed by atoms with Crippen LogP contribution in [-0.2, 0) is 6.54 Å². The number of thiazole rings is 1. The summed E-state index contributed by atoms with van der Waals surface area (Å²) in [6.45, 7) is 3.29. The van der Waals surface area contributed by atoms with Gasteiger partial charge in [0.2, 0.25) is 0 Å². The molecular weight excluding hydrogens is 304 g/mol. The predicted octanol–water partition coefficient (Wildman–Crippen LogP) is 4.47. The van der Waals surface area contributed by atoms with Gasteiger partial charge in [0.15, 0.2) is 0 Å². The lowest BCUT2D eigenvalue weighted by atomic mass is 10.2. The van der Waals surface area contributed by atoms with E-state index in [1.165, 1.54) is 11.3 Å². The minimum atomic E-state index is 0.0380. The second kappa shape index (κ2) is 7.20. The van der Waals surface area contributed by atoms with Crippen LogP contribution in [-0.4, -0.2) is 22.3 Å². The molecular formula is C19H18N2OS. The third-order valence-electron chi connectivity index (χ3n) is 3.62. The first-order valence-electron chi connectivity index (χ1n) is 7.62. The van der Waals surface area contributed by atoms with E-state index in [2.05, 4.69) is 4.98 Å². The van der Waals surface area contributed by atoms with Gasteiger partial charge >= 0.3 is 0 Å². The van der Waals surface area contributed by atoms with Crippen molar-refractivity contribution >= 4 is 17.2 Å². The summed E-state index contributed by atoms with van der Waals surface area (Å²) in [5.74, 6) is 0.0380. The van der Waals surface area contributed by atoms with Gasteiger partial charge in [-0.1, -0.05) is 60.7 Å². The van der Waals surface area contributed by atoms with Crippen LogP contribution in [0.1, 0.15) is 22.2 Å². The van der Waals surface area contributed by atoms with Gasteiger partial charge in [0.05, 0.1) is 6.20 Å². The monoisotopic (exact) mass is 322 g/mol. The van der Waals surface area contributed by atoms with E-state index < -0.39 is 0 Å². The topological polar surface area (TPSA) is 33.2 Å². The fourth-order valence-electron chi connectivity index (χ4n) is 2.37. The van der Waals surface area contributed by atoms with Crippen molar-refractivity contribution in [1.29, 1.82) is 0 Å². The fraction of sp³-hybridized carbons (Fsp3) is 0.158. The smallest absolute Gasteiger partial charge is 0.265 e. The van der Waals surface area contributed by atoms with Crippen LogP contribution in [0.25, 0.3) is 10.6 Å². The van der Waals surface area contributed by atoms with Gasteiger partial charge in [-0.25, -0.2) is 4.98 Å². The first kappa shape index (κ1) is 15.4. The molecule has 0 atom stereocenters. The molecule has 1 amide bonds. The maximum atomic E-state index is 12.7. The molecule has 116 valence electrons. The summed E-state index contributed by atoms with van der Waals surface area (Å²) in [5, 5.41) is 0.879. The highest BCUT2D eigenvalue weighted by Crippen LogP contribution is 2.26. The average molecular weight is 322 g/mol. The Morgan fingerprint density at radius 3 is 2.35 bits per heavy atom. The van der Waals surface area contributed by atoms with Crippen LogP contribution in [0.2, 0.25) is 0 Å². The summed E-state index contributed by atoms with van der Waals surface area (Å²) in [5.41, 5.74) is 2.18. The lowest BCUT2D eigenvalue weighted by molar-refractivity contribution is 0.0757. The zero-order valence-corrected chi connectivity index (χ0v) is 13.8. The number of aromatic nitrogens is 1. The summed E-state index contributed by atoms with van der Waals surface area (Å²) in [4.78, 5) is 19.7. The molecule has 0 bridgehead atoms. The standard InChI is InChI=1S/C19H18N2OS/c1-2-21(14-15-9-5-3-6-10-15)19(22)17-13-20-18(23-17)16-11-7-4-8-12-16/h3-13H,2,14H2,1H3. The summed E-state index contributed by atoms with van der Waals surface area (Å²) < 4.78 is 0. The Labute approximate surface area is 140 Å². The number of carbonyl (C=O) groups excluding carboxylic acids is 1. The highest BCUT2D eigenvalue weighted by Gasteiger charge is 2.18. The third-order valence-corrected chi connectivity index (χ3v) is 4.66. The molecule has 0 saturated carbocycles. The number of rotatable bonds is 5. The number of nitrogens with zero attached hydrogens (tertiary/aromatic N) is 2. The molecule has 23 heavy (non-hydrogen) atoms. The molecule has 3 aromatic rings. The minimum Gasteiger partial charge on any atom is -0.334 e. The van der Waals surface area contributed by atoms with Gasteiger partial charge in [0.1, 0.15) is 9.88 Å². The van der Waals surface area contributed by atoms with E-state index >= 15 is 0 Å². The number of amides is 1. The Morgan fingerprint density at radius 1 is 1.04 bits per heavy atom. The molecule has 0 aliphatic heterocycles. The average Bonchev–Trinajstić information content (AvgIpc) is 3.11. The van der Waals surface area contributed by atoms with Gasteiger partial charge in [-0.2, -0.15) is 0 Å². The maximum absolute atomic E-state index is 12.7. The van der Waals surface area contributed by atoms with Gasteiger partial charge in [-0.05, 0) is 12.5 Å². The van der Waals surface area contributed by atoms with E-state index in [0.29, 0.717) is 18.0 Å². The molecule has 0 saturated heterocycles. The molecule has 0 N–H and O–H groups in total. The third kappa shape index (κ3) is 3.66. The van der Waals surface area contributed by atoms with E-state index in [9.17, 15) is 4.79 Å². The maximum Gasteiger partial charge on any atom is 0.265 e. The highest BCUT2D eigenvalue weighted by molar-refractivity contribution is 7.16. The molecule has 0 aliphatic carbocycles. The van der Waals surface area contributed by atoms with Crippen molar-refractivity contribution < 1.29 is 4.79 Å². The summed E-state index contributed by atoms with van der Waals surface area (Å²) in [7, 11) is 0. The molecule has 0 radical (unpaired) electrons. The van der Waals surface area contributed by atoms with Crippen molar-refractivity contribution in [2.75, 3.05) is 6.54 Å². The van der Waals surface area contributed by atoms with Gasteiger partial charge in [0, 0.05) is 18.7 Å². The van der Waals surface area contributed by atoms with Gasteiger partial charge in [0.25, 0.3) is 5.91 Å². The van der Waals surface area contributed by atoms with Crippen LogP contribution in [0.3, 0.4) is 0 Å². The predicted molar refractivity (Wildman–Crippen MR) is 94.4 cm³/mol. The number of hydrogen-bond acceptors (Lipinski definition) is 3. The molecule has 0 unspecified atom stereocenters. The van der Waals surface area contributed by atoms with E-state index in [1.807, 2.05) is 72.5 Å². The van der Waals surface area contributed by atoms with Crippen molar-refractivity contribution in [2.45, 2.75) is 13.5 Å². The number of benzene rings is 2. The summed E-state index contributed by atoms with van der Waals surface area (Å²) in [6, 6.07) is 20.0. The molecule has 0 aliphatic rings. The van der Waals surface area contributed by atoms with Crippen LogP contribution in [0.4, 0.5) is 0 Å². The molecule has 2 aromatic carbocycles. The quantitative estimate of drug-likeness (QED) is 0.694. The second-order valence-corrected chi connectivity index (χ2v) is 6.23. The number of carbonyl (C=O) groups is 1. The van der Waals surface area contributed by atoms with Crippen LogP contribution < -0.4 is 0 Å². The van der Waals surface area contributed by atoms with E-state index in [4.69, 9.17) is 0 Å². The van der Waals surface area contributed by atoms with Crippen LogP contribution in [0, 0.1) is 0 Å². The van der Waals surface area contributed by atoms with Gasteiger partial charge in [-0.3, -0.25) is 4.79 Å². The van der Waals surface area contributed by atoms with Crippen molar-refractivity contribution in [3.63, 3.8) is 0 Å². The van der Waals surface area contributed by atoms with Crippen LogP contribution in [0.15, 0.2) is 66.9 Å². The van der Waals surface area contributed by atoms with E-state index in [1.54, 1.807) is 6.20 Å². The molecule has 1 heterocycles. The summed E-state index contributed by atoms with van der Waals surface area (Å²) in [6.07, 6.45) is 1.68. The SMILES string of the molecule is CCN(Cc1ccccc1)C(=O)c1cnc(-c2ccccc2)s1. The Kier molecular flexibility index (Phi) is 4.83. The van der Waals surface area contributed by atoms with E-state index in [-0.39, 0.29) is 5.91 Å². The zero-order chi connectivity index (χ0) is 16.1. The van der Waals surface area contributed by atoms with Crippen molar-refractivity contribution in [1.82, 2.24) is 9.88 Å². The highest BCUT2D eigenvalue weighted by atomic mass is 32.1. The van der Waals surface area contributed by atoms with Gasteiger partial charge < -0.3 is 4.90 Å². The molecule has 3 nitrogen and oxygen atoms in total.